The molecule has 1 rings (SSSR count). The topological polar surface area (TPSA) is 54.4 Å². The summed E-state index contributed by atoms with van der Waals surface area (Å²) in [5, 5.41) is 10.4. The molecule has 0 aliphatic carbocycles. The van der Waals surface area contributed by atoms with Gasteiger partial charge in [0.15, 0.2) is 5.12 Å². The van der Waals surface area contributed by atoms with E-state index in [0.717, 1.165) is 37.2 Å². The Kier molecular flexibility index (Phi) is 18.1. The molecule has 1 N–H and O–H groups in total. The number of aliphatic carboxylic acids is 1. The number of thioether (sulfide) groups is 2. The quantitative estimate of drug-likeness (QED) is 0.372. The van der Waals surface area contributed by atoms with Crippen LogP contribution in [-0.2, 0) is 9.59 Å². The lowest BCUT2D eigenvalue weighted by Crippen LogP contribution is -2.22. The summed E-state index contributed by atoms with van der Waals surface area (Å²) in [7, 11) is 0. The van der Waals surface area contributed by atoms with E-state index in [1.807, 2.05) is 11.8 Å². The van der Waals surface area contributed by atoms with Crippen LogP contribution in [0.25, 0.3) is 0 Å². The molecule has 176 valence electrons. The van der Waals surface area contributed by atoms with Crippen molar-refractivity contribution < 1.29 is 14.7 Å². The van der Waals surface area contributed by atoms with Crippen molar-refractivity contribution in [2.24, 2.45) is 5.92 Å². The predicted molar refractivity (Wildman–Crippen MR) is 134 cm³/mol. The van der Waals surface area contributed by atoms with Crippen molar-refractivity contribution in [3.8, 4) is 0 Å². The Bertz CT molecular complexity index is 442. The summed E-state index contributed by atoms with van der Waals surface area (Å²) in [6, 6.07) is 0. The average molecular weight is 459 g/mol. The smallest absolute Gasteiger partial charge is 0.303 e. The number of carboxylic acids is 1. The maximum absolute atomic E-state index is 11.9. The molecule has 1 aliphatic rings. The summed E-state index contributed by atoms with van der Waals surface area (Å²) in [6.07, 6.45) is 20.3. The van der Waals surface area contributed by atoms with Gasteiger partial charge in [-0.25, -0.2) is 0 Å². The molecule has 0 aromatic rings. The van der Waals surface area contributed by atoms with Crippen LogP contribution in [0.3, 0.4) is 0 Å². The highest BCUT2D eigenvalue weighted by atomic mass is 32.2. The van der Waals surface area contributed by atoms with Crippen LogP contribution in [0.15, 0.2) is 0 Å². The molecule has 0 aromatic carbocycles. The summed E-state index contributed by atoms with van der Waals surface area (Å²) >= 11 is 3.58. The highest BCUT2D eigenvalue weighted by Gasteiger charge is 2.24. The lowest BCUT2D eigenvalue weighted by molar-refractivity contribution is -0.138. The molecule has 30 heavy (non-hydrogen) atoms. The summed E-state index contributed by atoms with van der Waals surface area (Å²) < 4.78 is 0. The second-order valence-corrected chi connectivity index (χ2v) is 11.4. The van der Waals surface area contributed by atoms with Gasteiger partial charge in [-0.2, -0.15) is 11.8 Å². The number of carboxylic acid groups (broad SMARTS) is 1. The fraction of sp³-hybridized carbons (Fsp3) is 0.920. The third-order valence-electron chi connectivity index (χ3n) is 6.14. The van der Waals surface area contributed by atoms with E-state index in [2.05, 4.69) is 6.92 Å². The van der Waals surface area contributed by atoms with Gasteiger partial charge in [0, 0.05) is 23.8 Å². The van der Waals surface area contributed by atoms with Crippen molar-refractivity contribution in [3.05, 3.63) is 0 Å². The first kappa shape index (κ1) is 27.9. The summed E-state index contributed by atoms with van der Waals surface area (Å²) in [6.45, 7) is 2.23. The minimum absolute atomic E-state index is 0.322. The fourth-order valence-corrected chi connectivity index (χ4v) is 6.68. The Labute approximate surface area is 194 Å². The van der Waals surface area contributed by atoms with Gasteiger partial charge in [-0.3, -0.25) is 9.59 Å². The molecule has 1 saturated heterocycles. The van der Waals surface area contributed by atoms with Crippen LogP contribution in [0.2, 0.25) is 0 Å². The number of carbonyl (C=O) groups excluding carboxylic acids is 1. The van der Waals surface area contributed by atoms with Crippen LogP contribution in [0.5, 0.6) is 0 Å². The molecule has 1 aliphatic heterocycles. The SMILES string of the molecule is CCCCCCC(CC(=O)O)C1CCCCCCCCCC(=O)SCCCCCS1. The minimum Gasteiger partial charge on any atom is -0.481 e. The molecule has 2 atom stereocenters. The highest BCUT2D eigenvalue weighted by Crippen LogP contribution is 2.32. The van der Waals surface area contributed by atoms with Crippen LogP contribution >= 0.6 is 23.5 Å². The first-order chi connectivity index (χ1) is 14.6. The molecule has 0 aromatic heterocycles. The lowest BCUT2D eigenvalue weighted by Gasteiger charge is -2.26. The van der Waals surface area contributed by atoms with E-state index in [1.165, 1.54) is 95.2 Å². The Morgan fingerprint density at radius 1 is 0.933 bits per heavy atom. The van der Waals surface area contributed by atoms with Gasteiger partial charge >= 0.3 is 5.97 Å². The second kappa shape index (κ2) is 19.5. The zero-order valence-electron chi connectivity index (χ0n) is 19.4. The van der Waals surface area contributed by atoms with Crippen molar-refractivity contribution in [1.29, 1.82) is 0 Å². The molecule has 1 fully saturated rings. The minimum atomic E-state index is -0.628. The van der Waals surface area contributed by atoms with Gasteiger partial charge in [0.2, 0.25) is 0 Å². The van der Waals surface area contributed by atoms with Crippen LogP contribution in [-0.4, -0.2) is 32.9 Å². The largest absolute Gasteiger partial charge is 0.481 e. The van der Waals surface area contributed by atoms with Gasteiger partial charge < -0.3 is 5.11 Å². The van der Waals surface area contributed by atoms with Crippen molar-refractivity contribution in [2.75, 3.05) is 11.5 Å². The third-order valence-corrected chi connectivity index (χ3v) is 8.74. The molecule has 0 radical (unpaired) electrons. The van der Waals surface area contributed by atoms with Crippen molar-refractivity contribution >= 4 is 34.6 Å². The Morgan fingerprint density at radius 3 is 2.33 bits per heavy atom. The second-order valence-electron chi connectivity index (χ2n) is 8.91. The number of rotatable bonds is 8. The van der Waals surface area contributed by atoms with E-state index in [-0.39, 0.29) is 0 Å². The molecule has 3 nitrogen and oxygen atoms in total. The van der Waals surface area contributed by atoms with Crippen LogP contribution < -0.4 is 0 Å². The highest BCUT2D eigenvalue weighted by molar-refractivity contribution is 8.13. The maximum Gasteiger partial charge on any atom is 0.303 e. The lowest BCUT2D eigenvalue weighted by atomic mass is 9.91. The van der Waals surface area contributed by atoms with Crippen LogP contribution in [0.4, 0.5) is 0 Å². The molecule has 0 bridgehead atoms. The maximum atomic E-state index is 11.9. The number of hydrogen-bond donors (Lipinski definition) is 1. The molecule has 2 unspecified atom stereocenters. The molecule has 1 heterocycles. The van der Waals surface area contributed by atoms with E-state index in [9.17, 15) is 14.7 Å². The molecular formula is C25H46O3S2. The number of unbranched alkanes of at least 4 members (excludes halogenated alkanes) is 3. The van der Waals surface area contributed by atoms with E-state index in [1.54, 1.807) is 0 Å². The van der Waals surface area contributed by atoms with Crippen molar-refractivity contribution in [2.45, 2.75) is 128 Å². The molecule has 0 saturated carbocycles. The van der Waals surface area contributed by atoms with Gasteiger partial charge in [0.1, 0.15) is 0 Å². The monoisotopic (exact) mass is 458 g/mol. The molecule has 5 heteroatoms. The van der Waals surface area contributed by atoms with Crippen LogP contribution in [0.1, 0.15) is 122 Å². The zero-order valence-corrected chi connectivity index (χ0v) is 21.0. The molecule has 0 spiro atoms. The molecular weight excluding hydrogens is 412 g/mol. The number of hydrogen-bond acceptors (Lipinski definition) is 4. The van der Waals surface area contributed by atoms with Crippen molar-refractivity contribution in [1.82, 2.24) is 0 Å². The van der Waals surface area contributed by atoms with Gasteiger partial charge in [-0.05, 0) is 43.8 Å². The van der Waals surface area contributed by atoms with E-state index >= 15 is 0 Å². The first-order valence-corrected chi connectivity index (χ1v) is 14.7. The van der Waals surface area contributed by atoms with Crippen LogP contribution in [0, 0.1) is 5.92 Å². The Hall–Kier alpha value is -0.160. The third kappa shape index (κ3) is 15.6. The number of carbonyl (C=O) groups is 2. The van der Waals surface area contributed by atoms with E-state index in [0.29, 0.717) is 22.7 Å². The average Bonchev–Trinajstić information content (AvgIpc) is 2.71. The summed E-state index contributed by atoms with van der Waals surface area (Å²) in [4.78, 5) is 23.4. The zero-order chi connectivity index (χ0) is 21.9. The first-order valence-electron chi connectivity index (χ1n) is 12.6. The normalized spacial score (nSPS) is 22.7. The standard InChI is InChI=1S/C25H46O3S2/c1-2-3-4-11-16-22(21-24(26)27)23-17-12-8-6-5-7-9-13-18-25(28)30-20-15-10-14-19-29-23/h22-23H,2-21H2,1H3,(H,26,27). The molecule has 0 amide bonds. The Balaban J connectivity index is 2.56. The Morgan fingerprint density at radius 2 is 1.60 bits per heavy atom. The van der Waals surface area contributed by atoms with E-state index in [4.69, 9.17) is 0 Å². The van der Waals surface area contributed by atoms with Crippen molar-refractivity contribution in [3.63, 3.8) is 0 Å². The van der Waals surface area contributed by atoms with E-state index < -0.39 is 5.97 Å². The van der Waals surface area contributed by atoms with Gasteiger partial charge in [0.25, 0.3) is 0 Å². The summed E-state index contributed by atoms with van der Waals surface area (Å²) in [5.74, 6) is 1.79. The fourth-order valence-electron chi connectivity index (χ4n) is 4.30. The predicted octanol–water partition coefficient (Wildman–Crippen LogP) is 8.10. The summed E-state index contributed by atoms with van der Waals surface area (Å²) in [5.41, 5.74) is 0. The van der Waals surface area contributed by atoms with Gasteiger partial charge in [-0.15, -0.1) is 0 Å². The van der Waals surface area contributed by atoms with Gasteiger partial charge in [0.05, 0.1) is 0 Å². The van der Waals surface area contributed by atoms with Gasteiger partial charge in [-0.1, -0.05) is 89.3 Å².